The van der Waals surface area contributed by atoms with E-state index in [2.05, 4.69) is 22.4 Å². The van der Waals surface area contributed by atoms with Gasteiger partial charge in [-0.1, -0.05) is 6.07 Å². The SMILES string of the molecule is CON1CCC(NC2CCCc3cccnc32)CC1. The molecule has 4 heteroatoms. The Bertz CT molecular complexity index is 416. The van der Waals surface area contributed by atoms with Crippen LogP contribution in [0, 0.1) is 0 Å². The van der Waals surface area contributed by atoms with E-state index in [0.29, 0.717) is 12.1 Å². The van der Waals surface area contributed by atoms with Crippen LogP contribution in [0.1, 0.15) is 43.0 Å². The highest BCUT2D eigenvalue weighted by molar-refractivity contribution is 5.25. The predicted octanol–water partition coefficient (Wildman–Crippen LogP) is 2.07. The summed E-state index contributed by atoms with van der Waals surface area (Å²) in [5, 5.41) is 5.86. The molecule has 1 aromatic heterocycles. The Morgan fingerprint density at radius 2 is 2.16 bits per heavy atom. The third-order valence-electron chi connectivity index (χ3n) is 4.34. The highest BCUT2D eigenvalue weighted by atomic mass is 16.7. The molecule has 1 aliphatic heterocycles. The van der Waals surface area contributed by atoms with Crippen molar-refractivity contribution < 1.29 is 4.84 Å². The summed E-state index contributed by atoms with van der Waals surface area (Å²) in [6.45, 7) is 2.05. The average Bonchev–Trinajstić information content (AvgIpc) is 2.48. The minimum Gasteiger partial charge on any atom is -0.306 e. The molecule has 1 fully saturated rings. The van der Waals surface area contributed by atoms with Gasteiger partial charge in [-0.05, 0) is 43.7 Å². The fourth-order valence-electron chi connectivity index (χ4n) is 3.26. The predicted molar refractivity (Wildman–Crippen MR) is 74.7 cm³/mol. The number of aryl methyl sites for hydroxylation is 1. The van der Waals surface area contributed by atoms with E-state index in [1.807, 2.05) is 11.3 Å². The van der Waals surface area contributed by atoms with Crippen molar-refractivity contribution in [2.45, 2.75) is 44.2 Å². The minimum atomic E-state index is 0.448. The number of hydroxylamine groups is 2. The lowest BCUT2D eigenvalue weighted by atomic mass is 9.90. The summed E-state index contributed by atoms with van der Waals surface area (Å²) in [6.07, 6.45) is 7.91. The molecule has 104 valence electrons. The summed E-state index contributed by atoms with van der Waals surface area (Å²) in [4.78, 5) is 9.88. The Morgan fingerprint density at radius 3 is 2.95 bits per heavy atom. The van der Waals surface area contributed by atoms with Crippen LogP contribution in [-0.2, 0) is 11.3 Å². The second-order valence-electron chi connectivity index (χ2n) is 5.55. The number of hydrogen-bond acceptors (Lipinski definition) is 4. The smallest absolute Gasteiger partial charge is 0.0605 e. The molecule has 0 spiro atoms. The molecule has 0 aromatic carbocycles. The molecule has 3 rings (SSSR count). The van der Waals surface area contributed by atoms with E-state index in [4.69, 9.17) is 4.84 Å². The Kier molecular flexibility index (Phi) is 4.11. The molecular formula is C15H23N3O. The zero-order chi connectivity index (χ0) is 13.1. The van der Waals surface area contributed by atoms with Gasteiger partial charge in [-0.25, -0.2) is 0 Å². The molecule has 0 bridgehead atoms. The molecular weight excluding hydrogens is 238 g/mol. The van der Waals surface area contributed by atoms with Crippen molar-refractivity contribution >= 4 is 0 Å². The third kappa shape index (κ3) is 2.96. The first-order chi connectivity index (χ1) is 9.36. The van der Waals surface area contributed by atoms with Crippen LogP contribution in [0.3, 0.4) is 0 Å². The first-order valence-electron chi connectivity index (χ1n) is 7.35. The minimum absolute atomic E-state index is 0.448. The second-order valence-corrected chi connectivity index (χ2v) is 5.55. The average molecular weight is 261 g/mol. The lowest BCUT2D eigenvalue weighted by molar-refractivity contribution is -0.145. The van der Waals surface area contributed by atoms with Gasteiger partial charge in [0.25, 0.3) is 0 Å². The quantitative estimate of drug-likeness (QED) is 0.904. The van der Waals surface area contributed by atoms with Crippen molar-refractivity contribution in [1.82, 2.24) is 15.4 Å². The topological polar surface area (TPSA) is 37.4 Å². The molecule has 1 saturated heterocycles. The van der Waals surface area contributed by atoms with Crippen molar-refractivity contribution in [1.29, 1.82) is 0 Å². The summed E-state index contributed by atoms with van der Waals surface area (Å²) in [6, 6.07) is 5.33. The monoisotopic (exact) mass is 261 g/mol. The maximum atomic E-state index is 5.28. The summed E-state index contributed by atoms with van der Waals surface area (Å²) >= 11 is 0. The number of fused-ring (bicyclic) bond motifs is 1. The van der Waals surface area contributed by atoms with Gasteiger partial charge in [0.15, 0.2) is 0 Å². The molecule has 0 saturated carbocycles. The van der Waals surface area contributed by atoms with Crippen molar-refractivity contribution in [3.63, 3.8) is 0 Å². The van der Waals surface area contributed by atoms with E-state index in [1.165, 1.54) is 30.5 Å². The van der Waals surface area contributed by atoms with Gasteiger partial charge in [0.2, 0.25) is 0 Å². The molecule has 1 unspecified atom stereocenters. The Balaban J connectivity index is 1.62. The van der Waals surface area contributed by atoms with Gasteiger partial charge >= 0.3 is 0 Å². The van der Waals surface area contributed by atoms with Gasteiger partial charge in [-0.15, -0.1) is 0 Å². The largest absolute Gasteiger partial charge is 0.306 e. The van der Waals surface area contributed by atoms with E-state index in [9.17, 15) is 0 Å². The fraction of sp³-hybridized carbons (Fsp3) is 0.667. The molecule has 2 aliphatic rings. The van der Waals surface area contributed by atoms with Crippen LogP contribution in [0.4, 0.5) is 0 Å². The van der Waals surface area contributed by atoms with Gasteiger partial charge < -0.3 is 10.2 Å². The highest BCUT2D eigenvalue weighted by Gasteiger charge is 2.26. The van der Waals surface area contributed by atoms with Gasteiger partial charge in [0.1, 0.15) is 0 Å². The van der Waals surface area contributed by atoms with E-state index in [1.54, 1.807) is 7.11 Å². The van der Waals surface area contributed by atoms with Gasteiger partial charge in [0, 0.05) is 31.4 Å². The number of nitrogens with zero attached hydrogens (tertiary/aromatic N) is 2. The fourth-order valence-corrected chi connectivity index (χ4v) is 3.26. The van der Waals surface area contributed by atoms with Crippen molar-refractivity contribution in [2.24, 2.45) is 0 Å². The van der Waals surface area contributed by atoms with Crippen LogP contribution in [0.2, 0.25) is 0 Å². The van der Waals surface area contributed by atoms with E-state index in [0.717, 1.165) is 25.9 Å². The van der Waals surface area contributed by atoms with Crippen LogP contribution in [0.5, 0.6) is 0 Å². The second kappa shape index (κ2) is 5.99. The van der Waals surface area contributed by atoms with Crippen LogP contribution in [0.15, 0.2) is 18.3 Å². The van der Waals surface area contributed by atoms with E-state index in [-0.39, 0.29) is 0 Å². The first-order valence-corrected chi connectivity index (χ1v) is 7.35. The third-order valence-corrected chi connectivity index (χ3v) is 4.34. The van der Waals surface area contributed by atoms with E-state index < -0.39 is 0 Å². The number of piperidine rings is 1. The molecule has 0 radical (unpaired) electrons. The normalized spacial score (nSPS) is 25.2. The standard InChI is InChI=1S/C15H23N3O/c1-19-18-10-7-13(8-11-18)17-14-6-2-4-12-5-3-9-16-15(12)14/h3,5,9,13-14,17H,2,4,6-8,10-11H2,1H3. The van der Waals surface area contributed by atoms with Crippen LogP contribution in [-0.4, -0.2) is 36.3 Å². The molecule has 1 atom stereocenters. The Hall–Kier alpha value is -0.970. The van der Waals surface area contributed by atoms with Crippen molar-refractivity contribution in [3.8, 4) is 0 Å². The lowest BCUT2D eigenvalue weighted by Gasteiger charge is -2.34. The Morgan fingerprint density at radius 1 is 1.32 bits per heavy atom. The number of pyridine rings is 1. The summed E-state index contributed by atoms with van der Waals surface area (Å²) in [5.74, 6) is 0. The maximum Gasteiger partial charge on any atom is 0.0605 e. The highest BCUT2D eigenvalue weighted by Crippen LogP contribution is 2.29. The van der Waals surface area contributed by atoms with Crippen molar-refractivity contribution in [2.75, 3.05) is 20.2 Å². The zero-order valence-corrected chi connectivity index (χ0v) is 11.6. The molecule has 1 aromatic rings. The number of hydrogen-bond donors (Lipinski definition) is 1. The summed E-state index contributed by atoms with van der Waals surface area (Å²) in [7, 11) is 1.76. The zero-order valence-electron chi connectivity index (χ0n) is 11.6. The molecule has 1 aliphatic carbocycles. The van der Waals surface area contributed by atoms with E-state index >= 15 is 0 Å². The van der Waals surface area contributed by atoms with Gasteiger partial charge in [-0.3, -0.25) is 4.98 Å². The van der Waals surface area contributed by atoms with Crippen LogP contribution >= 0.6 is 0 Å². The molecule has 1 N–H and O–H groups in total. The lowest BCUT2D eigenvalue weighted by Crippen LogP contribution is -2.44. The number of aromatic nitrogens is 1. The Labute approximate surface area is 115 Å². The molecule has 4 nitrogen and oxygen atoms in total. The first kappa shape index (κ1) is 13.0. The van der Waals surface area contributed by atoms with Crippen LogP contribution < -0.4 is 5.32 Å². The maximum absolute atomic E-state index is 5.28. The van der Waals surface area contributed by atoms with Gasteiger partial charge in [-0.2, -0.15) is 5.06 Å². The van der Waals surface area contributed by atoms with Crippen molar-refractivity contribution in [3.05, 3.63) is 29.6 Å². The van der Waals surface area contributed by atoms with Crippen LogP contribution in [0.25, 0.3) is 0 Å². The molecule has 19 heavy (non-hydrogen) atoms. The number of nitrogens with one attached hydrogen (secondary N) is 1. The summed E-state index contributed by atoms with van der Waals surface area (Å²) in [5.41, 5.74) is 2.71. The van der Waals surface area contributed by atoms with Gasteiger partial charge in [0.05, 0.1) is 12.8 Å². The number of rotatable bonds is 3. The summed E-state index contributed by atoms with van der Waals surface area (Å²) < 4.78 is 0. The molecule has 0 amide bonds. The molecule has 2 heterocycles.